The quantitative estimate of drug-likeness (QED) is 0.848. The molecule has 0 bridgehead atoms. The summed E-state index contributed by atoms with van der Waals surface area (Å²) in [5.74, 6) is 0.535. The molecule has 0 unspecified atom stereocenters. The fourth-order valence-electron chi connectivity index (χ4n) is 1.77. The maximum absolute atomic E-state index is 6.11. The fourth-order valence-corrected chi connectivity index (χ4v) is 2.39. The van der Waals surface area contributed by atoms with Crippen LogP contribution in [-0.2, 0) is 0 Å². The molecule has 0 aromatic carbocycles. The van der Waals surface area contributed by atoms with Gasteiger partial charge in [0.05, 0.1) is 10.0 Å². The molecule has 0 amide bonds. The lowest BCUT2D eigenvalue weighted by atomic mass is 9.78. The van der Waals surface area contributed by atoms with Crippen molar-refractivity contribution in [3.63, 3.8) is 0 Å². The zero-order valence-electron chi connectivity index (χ0n) is 7.71. The lowest BCUT2D eigenvalue weighted by molar-refractivity contribution is 0.264. The number of nitrogens with two attached hydrogens (primary N) is 1. The highest BCUT2D eigenvalue weighted by atomic mass is 35.5. The molecule has 1 saturated carbocycles. The second kappa shape index (κ2) is 4.05. The Morgan fingerprint density at radius 1 is 1.29 bits per heavy atom. The Kier molecular flexibility index (Phi) is 2.96. The van der Waals surface area contributed by atoms with E-state index < -0.39 is 0 Å². The van der Waals surface area contributed by atoms with Gasteiger partial charge in [-0.15, -0.1) is 0 Å². The summed E-state index contributed by atoms with van der Waals surface area (Å²) in [6.45, 7) is 0. The molecular formula is C10H12Cl2N2. The van der Waals surface area contributed by atoms with Gasteiger partial charge >= 0.3 is 0 Å². The molecule has 1 aromatic heterocycles. The number of rotatable bonds is 2. The minimum Gasteiger partial charge on any atom is -0.324 e. The summed E-state index contributed by atoms with van der Waals surface area (Å²) in [6, 6.07) is -0.0354. The van der Waals surface area contributed by atoms with E-state index in [1.807, 2.05) is 0 Å². The van der Waals surface area contributed by atoms with E-state index in [1.54, 1.807) is 12.4 Å². The first-order valence-electron chi connectivity index (χ1n) is 4.74. The first-order chi connectivity index (χ1) is 6.70. The van der Waals surface area contributed by atoms with E-state index in [0.717, 1.165) is 5.56 Å². The van der Waals surface area contributed by atoms with Crippen molar-refractivity contribution in [2.75, 3.05) is 0 Å². The van der Waals surface area contributed by atoms with Crippen LogP contribution >= 0.6 is 23.2 Å². The third kappa shape index (κ3) is 1.74. The smallest absolute Gasteiger partial charge is 0.0652 e. The van der Waals surface area contributed by atoms with Gasteiger partial charge in [-0.2, -0.15) is 0 Å². The lowest BCUT2D eigenvalue weighted by Crippen LogP contribution is -2.27. The fraction of sp³-hybridized carbons (Fsp3) is 0.500. The Morgan fingerprint density at radius 2 is 1.86 bits per heavy atom. The maximum Gasteiger partial charge on any atom is 0.0652 e. The highest BCUT2D eigenvalue weighted by Gasteiger charge is 2.28. The molecule has 0 radical (unpaired) electrons. The van der Waals surface area contributed by atoms with Crippen molar-refractivity contribution < 1.29 is 0 Å². The predicted octanol–water partition coefficient (Wildman–Crippen LogP) is 3.19. The normalized spacial score (nSPS) is 19.1. The molecule has 2 nitrogen and oxygen atoms in total. The number of hydrogen-bond acceptors (Lipinski definition) is 2. The Balaban J connectivity index is 2.29. The van der Waals surface area contributed by atoms with Gasteiger partial charge in [0.25, 0.3) is 0 Å². The number of halogens is 2. The summed E-state index contributed by atoms with van der Waals surface area (Å²) in [7, 11) is 0. The summed E-state index contributed by atoms with van der Waals surface area (Å²) >= 11 is 12.0. The first kappa shape index (κ1) is 10.2. The molecule has 0 aliphatic heterocycles. The number of nitrogens with zero attached hydrogens (tertiary/aromatic N) is 1. The van der Waals surface area contributed by atoms with Crippen LogP contribution in [0.25, 0.3) is 0 Å². The van der Waals surface area contributed by atoms with Gasteiger partial charge in [0.1, 0.15) is 0 Å². The van der Waals surface area contributed by atoms with Gasteiger partial charge in [-0.25, -0.2) is 0 Å². The van der Waals surface area contributed by atoms with Gasteiger partial charge in [-0.05, 0) is 18.8 Å². The topological polar surface area (TPSA) is 38.9 Å². The Bertz CT molecular complexity index is 317. The summed E-state index contributed by atoms with van der Waals surface area (Å²) in [4.78, 5) is 3.91. The van der Waals surface area contributed by atoms with Gasteiger partial charge in [0.15, 0.2) is 0 Å². The lowest BCUT2D eigenvalue weighted by Gasteiger charge is -2.32. The third-order valence-corrected chi connectivity index (χ3v) is 3.48. The van der Waals surface area contributed by atoms with E-state index in [-0.39, 0.29) is 6.04 Å². The summed E-state index contributed by atoms with van der Waals surface area (Å²) in [6.07, 6.45) is 6.81. The molecular weight excluding hydrogens is 219 g/mol. The average Bonchev–Trinajstić information content (AvgIpc) is 2.00. The largest absolute Gasteiger partial charge is 0.324 e. The minimum atomic E-state index is -0.0354. The molecule has 2 rings (SSSR count). The van der Waals surface area contributed by atoms with Crippen LogP contribution in [0.15, 0.2) is 12.4 Å². The van der Waals surface area contributed by atoms with Gasteiger partial charge in [-0.1, -0.05) is 29.6 Å². The minimum absolute atomic E-state index is 0.0354. The van der Waals surface area contributed by atoms with Crippen LogP contribution in [0.4, 0.5) is 0 Å². The molecule has 4 heteroatoms. The molecule has 1 aromatic rings. The number of pyridine rings is 1. The third-order valence-electron chi connectivity index (χ3n) is 2.88. The monoisotopic (exact) mass is 230 g/mol. The second-order valence-corrected chi connectivity index (χ2v) is 4.55. The van der Waals surface area contributed by atoms with Crippen molar-refractivity contribution in [3.05, 3.63) is 28.0 Å². The standard InChI is InChI=1S/C10H12Cl2N2/c11-7-4-14-5-8(12)9(7)10(13)6-2-1-3-6/h4-6,10H,1-3,13H2/t10-/m0/s1. The summed E-state index contributed by atoms with van der Waals surface area (Å²) < 4.78 is 0. The van der Waals surface area contributed by atoms with E-state index in [4.69, 9.17) is 28.9 Å². The molecule has 0 spiro atoms. The van der Waals surface area contributed by atoms with Crippen LogP contribution < -0.4 is 5.73 Å². The van der Waals surface area contributed by atoms with Crippen LogP contribution in [0.2, 0.25) is 10.0 Å². The van der Waals surface area contributed by atoms with E-state index >= 15 is 0 Å². The molecule has 2 N–H and O–H groups in total. The molecule has 1 aliphatic rings. The maximum atomic E-state index is 6.11. The van der Waals surface area contributed by atoms with E-state index in [0.29, 0.717) is 16.0 Å². The predicted molar refractivity (Wildman–Crippen MR) is 58.5 cm³/mol. The van der Waals surface area contributed by atoms with Crippen molar-refractivity contribution in [1.29, 1.82) is 0 Å². The van der Waals surface area contributed by atoms with Crippen LogP contribution in [0.5, 0.6) is 0 Å². The Morgan fingerprint density at radius 3 is 2.29 bits per heavy atom. The zero-order valence-corrected chi connectivity index (χ0v) is 9.22. The first-order valence-corrected chi connectivity index (χ1v) is 5.50. The molecule has 0 saturated heterocycles. The Labute approximate surface area is 93.4 Å². The SMILES string of the molecule is N[C@H](c1c(Cl)cncc1Cl)C1CCC1. The van der Waals surface area contributed by atoms with Crippen molar-refractivity contribution in [2.45, 2.75) is 25.3 Å². The summed E-state index contributed by atoms with van der Waals surface area (Å²) in [5.41, 5.74) is 6.96. The molecule has 1 heterocycles. The second-order valence-electron chi connectivity index (χ2n) is 3.73. The van der Waals surface area contributed by atoms with Crippen molar-refractivity contribution >= 4 is 23.2 Å². The number of aromatic nitrogens is 1. The molecule has 14 heavy (non-hydrogen) atoms. The van der Waals surface area contributed by atoms with Crippen LogP contribution in [-0.4, -0.2) is 4.98 Å². The molecule has 76 valence electrons. The highest BCUT2D eigenvalue weighted by molar-refractivity contribution is 6.35. The van der Waals surface area contributed by atoms with Crippen LogP contribution in [0.3, 0.4) is 0 Å². The van der Waals surface area contributed by atoms with E-state index in [2.05, 4.69) is 4.98 Å². The Hall–Kier alpha value is -0.310. The van der Waals surface area contributed by atoms with Gasteiger partial charge in [-0.3, -0.25) is 4.98 Å². The van der Waals surface area contributed by atoms with Crippen molar-refractivity contribution in [2.24, 2.45) is 11.7 Å². The molecule has 1 atom stereocenters. The van der Waals surface area contributed by atoms with Gasteiger partial charge in [0.2, 0.25) is 0 Å². The summed E-state index contributed by atoms with van der Waals surface area (Å²) in [5, 5.41) is 1.16. The van der Waals surface area contributed by atoms with Crippen LogP contribution in [0, 0.1) is 5.92 Å². The zero-order chi connectivity index (χ0) is 10.1. The van der Waals surface area contributed by atoms with Gasteiger partial charge in [0, 0.05) is 24.0 Å². The number of hydrogen-bond donors (Lipinski definition) is 1. The highest BCUT2D eigenvalue weighted by Crippen LogP contribution is 2.40. The van der Waals surface area contributed by atoms with E-state index in [9.17, 15) is 0 Å². The molecule has 1 aliphatic carbocycles. The van der Waals surface area contributed by atoms with Crippen molar-refractivity contribution in [1.82, 2.24) is 4.98 Å². The molecule has 1 fully saturated rings. The van der Waals surface area contributed by atoms with Crippen LogP contribution in [0.1, 0.15) is 30.9 Å². The van der Waals surface area contributed by atoms with E-state index in [1.165, 1.54) is 19.3 Å². The van der Waals surface area contributed by atoms with Crippen molar-refractivity contribution in [3.8, 4) is 0 Å². The average molecular weight is 231 g/mol. The van der Waals surface area contributed by atoms with Gasteiger partial charge < -0.3 is 5.73 Å².